The van der Waals surface area contributed by atoms with Gasteiger partial charge in [0.2, 0.25) is 0 Å². The Balaban J connectivity index is 2.38. The molecule has 3 nitrogen and oxygen atoms in total. The summed E-state index contributed by atoms with van der Waals surface area (Å²) in [6.45, 7) is 3.24. The maximum absolute atomic E-state index is 12.0. The lowest BCUT2D eigenvalue weighted by molar-refractivity contribution is -0.0523. The van der Waals surface area contributed by atoms with E-state index in [0.29, 0.717) is 12.3 Å². The molecule has 0 unspecified atom stereocenters. The second-order valence-corrected chi connectivity index (χ2v) is 6.10. The van der Waals surface area contributed by atoms with Crippen molar-refractivity contribution in [2.75, 3.05) is 0 Å². The number of alkyl halides is 3. The quantitative estimate of drug-likeness (QED) is 0.439. The molecule has 1 aliphatic carbocycles. The van der Waals surface area contributed by atoms with Crippen LogP contribution in [0.5, 0.6) is 0 Å². The number of rotatable bonds is 5. The third-order valence-corrected chi connectivity index (χ3v) is 4.09. The molecule has 0 heterocycles. The van der Waals surface area contributed by atoms with Gasteiger partial charge in [-0.05, 0) is 12.3 Å². The molecule has 18 heavy (non-hydrogen) atoms. The van der Waals surface area contributed by atoms with Crippen LogP contribution in [0, 0.1) is 5.92 Å². The molecule has 0 aromatic heterocycles. The summed E-state index contributed by atoms with van der Waals surface area (Å²) in [6.07, 6.45) is 6.30. The molecule has 0 spiro atoms. The summed E-state index contributed by atoms with van der Waals surface area (Å²) in [7, 11) is -5.55. The highest BCUT2D eigenvalue weighted by atomic mass is 32.2. The number of hydrogen-bond acceptors (Lipinski definition) is 3. The molecule has 0 saturated heterocycles. The summed E-state index contributed by atoms with van der Waals surface area (Å²) in [5.41, 5.74) is -5.39. The summed E-state index contributed by atoms with van der Waals surface area (Å²) in [6, 6.07) is 0. The molecule has 0 aromatic rings. The van der Waals surface area contributed by atoms with Crippen molar-refractivity contribution in [1.82, 2.24) is 0 Å². The van der Waals surface area contributed by atoms with Crippen molar-refractivity contribution >= 4 is 10.1 Å². The minimum atomic E-state index is -5.55. The van der Waals surface area contributed by atoms with E-state index in [1.165, 1.54) is 6.42 Å². The molecule has 1 rings (SSSR count). The van der Waals surface area contributed by atoms with Gasteiger partial charge in [-0.15, -0.1) is 0 Å². The van der Waals surface area contributed by atoms with Crippen LogP contribution in [0.2, 0.25) is 0 Å². The van der Waals surface area contributed by atoms with Crippen molar-refractivity contribution in [3.63, 3.8) is 0 Å². The lowest BCUT2D eigenvalue weighted by Gasteiger charge is -2.21. The predicted molar refractivity (Wildman–Crippen MR) is 61.0 cm³/mol. The highest BCUT2D eigenvalue weighted by Crippen LogP contribution is 2.30. The first-order chi connectivity index (χ1) is 8.22. The fourth-order valence-corrected chi connectivity index (χ4v) is 2.57. The van der Waals surface area contributed by atoms with Crippen LogP contribution in [0.15, 0.2) is 12.3 Å². The van der Waals surface area contributed by atoms with Gasteiger partial charge in [-0.2, -0.15) is 21.6 Å². The lowest BCUT2D eigenvalue weighted by Crippen LogP contribution is -2.25. The zero-order valence-corrected chi connectivity index (χ0v) is 10.8. The van der Waals surface area contributed by atoms with Crippen molar-refractivity contribution < 1.29 is 25.8 Å². The third-order valence-electron chi connectivity index (χ3n) is 3.07. The van der Waals surface area contributed by atoms with Gasteiger partial charge in [-0.25, -0.2) is 0 Å². The fraction of sp³-hybridized carbons (Fsp3) is 0.818. The van der Waals surface area contributed by atoms with E-state index in [-0.39, 0.29) is 12.2 Å². The Hall–Kier alpha value is -0.720. The molecular formula is C11H17F3O3S. The van der Waals surface area contributed by atoms with Crippen LogP contribution < -0.4 is 0 Å². The first-order valence-corrected chi connectivity index (χ1v) is 7.32. The topological polar surface area (TPSA) is 43.4 Å². The third kappa shape index (κ3) is 4.51. The highest BCUT2D eigenvalue weighted by Gasteiger charge is 2.48. The van der Waals surface area contributed by atoms with Gasteiger partial charge in [0.05, 0.1) is 0 Å². The van der Waals surface area contributed by atoms with Crippen LogP contribution >= 0.6 is 0 Å². The number of halogens is 3. The molecule has 7 heteroatoms. The van der Waals surface area contributed by atoms with Crippen LogP contribution in [0.1, 0.15) is 44.9 Å². The minimum Gasteiger partial charge on any atom is -0.381 e. The Morgan fingerprint density at radius 3 is 2.28 bits per heavy atom. The van der Waals surface area contributed by atoms with Gasteiger partial charge in [0, 0.05) is 6.42 Å². The van der Waals surface area contributed by atoms with Crippen molar-refractivity contribution in [2.45, 2.75) is 50.5 Å². The van der Waals surface area contributed by atoms with E-state index in [1.807, 2.05) is 0 Å². The van der Waals surface area contributed by atoms with Gasteiger partial charge in [-0.3, -0.25) is 0 Å². The van der Waals surface area contributed by atoms with Crippen LogP contribution in [0.4, 0.5) is 13.2 Å². The Kier molecular flexibility index (Phi) is 5.07. The van der Waals surface area contributed by atoms with E-state index in [2.05, 4.69) is 10.8 Å². The number of allylic oxidation sites excluding steroid dienone is 1. The highest BCUT2D eigenvalue weighted by molar-refractivity contribution is 7.87. The summed E-state index contributed by atoms with van der Waals surface area (Å²) < 4.78 is 61.5. The molecule has 0 radical (unpaired) electrons. The van der Waals surface area contributed by atoms with E-state index in [0.717, 1.165) is 25.7 Å². The molecule has 106 valence electrons. The molecule has 0 amide bonds. The monoisotopic (exact) mass is 286 g/mol. The lowest BCUT2D eigenvalue weighted by atomic mass is 9.86. The van der Waals surface area contributed by atoms with Crippen LogP contribution in [-0.4, -0.2) is 13.9 Å². The Labute approximate surface area is 105 Å². The van der Waals surface area contributed by atoms with Crippen molar-refractivity contribution in [3.05, 3.63) is 12.3 Å². The van der Waals surface area contributed by atoms with Crippen molar-refractivity contribution in [2.24, 2.45) is 5.92 Å². The molecule has 0 aromatic carbocycles. The first-order valence-electron chi connectivity index (χ1n) is 5.91. The molecule has 0 bridgehead atoms. The van der Waals surface area contributed by atoms with Gasteiger partial charge < -0.3 is 4.18 Å². The molecule has 1 saturated carbocycles. The molecule has 0 N–H and O–H groups in total. The minimum absolute atomic E-state index is 0.153. The smallest absolute Gasteiger partial charge is 0.381 e. The van der Waals surface area contributed by atoms with Gasteiger partial charge in [0.1, 0.15) is 5.76 Å². The fourth-order valence-electron chi connectivity index (χ4n) is 2.08. The standard InChI is InChI=1S/C11H17F3O3S/c1-9(17-18(15,16)11(12,13)14)7-8-10-5-3-2-4-6-10/h10H,1-8H2. The Bertz CT molecular complexity index is 381. The van der Waals surface area contributed by atoms with Crippen molar-refractivity contribution in [1.29, 1.82) is 0 Å². The second kappa shape index (κ2) is 5.95. The molecule has 1 aliphatic rings. The van der Waals surface area contributed by atoms with Gasteiger partial charge in [0.15, 0.2) is 0 Å². The zero-order chi connectivity index (χ0) is 13.8. The van der Waals surface area contributed by atoms with Gasteiger partial charge in [0.25, 0.3) is 0 Å². The largest absolute Gasteiger partial charge is 0.534 e. The van der Waals surface area contributed by atoms with Crippen LogP contribution in [0.25, 0.3) is 0 Å². The normalized spacial score (nSPS) is 18.6. The Morgan fingerprint density at radius 2 is 1.78 bits per heavy atom. The molecule has 1 fully saturated rings. The van der Waals surface area contributed by atoms with Crippen molar-refractivity contribution in [3.8, 4) is 0 Å². The predicted octanol–water partition coefficient (Wildman–Crippen LogP) is 3.73. The first kappa shape index (κ1) is 15.3. The van der Waals surface area contributed by atoms with Crippen LogP contribution in [0.3, 0.4) is 0 Å². The average molecular weight is 286 g/mol. The van der Waals surface area contributed by atoms with E-state index in [4.69, 9.17) is 0 Å². The summed E-state index contributed by atoms with van der Waals surface area (Å²) in [5.74, 6) is 0.102. The van der Waals surface area contributed by atoms with E-state index in [1.54, 1.807) is 0 Å². The van der Waals surface area contributed by atoms with Gasteiger partial charge in [-0.1, -0.05) is 38.7 Å². The maximum atomic E-state index is 12.0. The SMILES string of the molecule is C=C(CCC1CCCCC1)OS(=O)(=O)C(F)(F)F. The average Bonchev–Trinajstić information content (AvgIpc) is 2.26. The summed E-state index contributed by atoms with van der Waals surface area (Å²) in [4.78, 5) is 0. The van der Waals surface area contributed by atoms with E-state index >= 15 is 0 Å². The van der Waals surface area contributed by atoms with E-state index < -0.39 is 15.6 Å². The summed E-state index contributed by atoms with van der Waals surface area (Å²) in [5, 5.41) is 0. The maximum Gasteiger partial charge on any atom is 0.534 e. The van der Waals surface area contributed by atoms with Crippen LogP contribution in [-0.2, 0) is 14.3 Å². The second-order valence-electron chi connectivity index (χ2n) is 4.56. The van der Waals surface area contributed by atoms with Gasteiger partial charge >= 0.3 is 15.6 Å². The molecule has 0 aliphatic heterocycles. The molecular weight excluding hydrogens is 269 g/mol. The Morgan fingerprint density at radius 1 is 1.22 bits per heavy atom. The van der Waals surface area contributed by atoms with E-state index in [9.17, 15) is 21.6 Å². The summed E-state index contributed by atoms with van der Waals surface area (Å²) >= 11 is 0. The number of hydrogen-bond donors (Lipinski definition) is 0. The molecule has 0 atom stereocenters. The zero-order valence-electron chi connectivity index (χ0n) is 10.0.